The molecule has 0 saturated heterocycles. The average molecular weight is 1620 g/mol. The number of halogens is 1. The first-order valence-corrected chi connectivity index (χ1v) is 47.9. The van der Waals surface area contributed by atoms with E-state index in [4.69, 9.17) is 23.7 Å². The van der Waals surface area contributed by atoms with E-state index >= 15 is 0 Å². The number of methoxy groups -OCH3 is 5. The summed E-state index contributed by atoms with van der Waals surface area (Å²) in [6.07, 6.45) is 51.0. The lowest BCUT2D eigenvalue weighted by Gasteiger charge is -2.33. The number of benzene rings is 5. The van der Waals surface area contributed by atoms with Crippen LogP contribution in [-0.2, 0) is 50.1 Å². The summed E-state index contributed by atoms with van der Waals surface area (Å²) in [7, 11) is -8.24. The molecule has 6 fully saturated rings. The summed E-state index contributed by atoms with van der Waals surface area (Å²) in [5, 5.41) is 0. The molecule has 610 valence electrons. The lowest BCUT2D eigenvalue weighted by Crippen LogP contribution is -2.25. The minimum Gasteiger partial charge on any atom is -0.496 e. The van der Waals surface area contributed by atoms with Crippen molar-refractivity contribution in [3.05, 3.63) is 143 Å². The van der Waals surface area contributed by atoms with Gasteiger partial charge in [0.25, 0.3) is 0 Å². The van der Waals surface area contributed by atoms with Crippen molar-refractivity contribution in [3.63, 3.8) is 0 Å². The number of ether oxygens (including phenoxy) is 5. The maximum absolute atomic E-state index is 13.8. The molecule has 6 aliphatic carbocycles. The van der Waals surface area contributed by atoms with Gasteiger partial charge in [-0.3, -0.25) is 23.6 Å². The lowest BCUT2D eigenvalue weighted by atomic mass is 9.73. The van der Waals surface area contributed by atoms with Gasteiger partial charge in [-0.15, -0.1) is 0 Å². The molecule has 0 spiro atoms. The van der Waals surface area contributed by atoms with Gasteiger partial charge in [-0.1, -0.05) is 140 Å². The van der Waals surface area contributed by atoms with Gasteiger partial charge in [-0.2, -0.15) is 0 Å². The van der Waals surface area contributed by atoms with Gasteiger partial charge in [0.15, 0.2) is 0 Å². The van der Waals surface area contributed by atoms with Crippen molar-refractivity contribution in [2.24, 2.45) is 40.9 Å². The number of allylic oxidation sites excluding steroid dienone is 4. The quantitative estimate of drug-likeness (QED) is 0.0344. The average Bonchev–Trinajstić information content (AvgIpc) is 1.61. The maximum Gasteiger partial charge on any atom is 0.229 e. The molecule has 6 aliphatic rings. The largest absolute Gasteiger partial charge is 0.496 e. The van der Waals surface area contributed by atoms with Crippen molar-refractivity contribution in [1.82, 2.24) is 0 Å². The van der Waals surface area contributed by atoms with Crippen LogP contribution in [0.4, 0.5) is 32.8 Å². The number of alkyl halides is 1. The summed E-state index contributed by atoms with van der Waals surface area (Å²) in [5.41, 5.74) is 6.86. The Balaban J connectivity index is 0.000000191. The third-order valence-corrected chi connectivity index (χ3v) is 24.2. The van der Waals surface area contributed by atoms with E-state index in [2.05, 4.69) is 67.8 Å². The molecule has 26 heteroatoms. The van der Waals surface area contributed by atoms with Crippen LogP contribution in [-0.4, -0.2) is 115 Å². The Kier molecular flexibility index (Phi) is 33.9. The van der Waals surface area contributed by atoms with Gasteiger partial charge in [0.1, 0.15) is 34.4 Å². The highest BCUT2D eigenvalue weighted by Crippen LogP contribution is 2.57. The zero-order chi connectivity index (χ0) is 80.5. The van der Waals surface area contributed by atoms with Gasteiger partial charge in [-0.25, -0.2) is 46.5 Å². The van der Waals surface area contributed by atoms with Crippen LogP contribution in [0.25, 0.3) is 24.3 Å². The van der Waals surface area contributed by atoms with E-state index < -0.39 is 55.8 Å². The highest BCUT2D eigenvalue weighted by Gasteiger charge is 2.45. The van der Waals surface area contributed by atoms with Crippen molar-refractivity contribution in [2.45, 2.75) is 186 Å². The van der Waals surface area contributed by atoms with Crippen LogP contribution >= 0.6 is 0 Å². The Morgan fingerprint density at radius 2 is 0.682 bits per heavy atom. The van der Waals surface area contributed by atoms with Crippen LogP contribution in [0.15, 0.2) is 115 Å². The first kappa shape index (κ1) is 89.9. The SMILES string of the molecule is COc1ccc(NS(C)(=O)=O)cc1/C=C/C1CCC(C)(C)CC1.COc1ccc(NS(C)(=O)=O)cc1/C=C/C1CCC(C)(F)CC1.COc1ccc(NS(C)(=O)=O)cc1/C=C/C1CCCC1.COc1ccc(NS(C)(=O)=O)cc1/C=C/CC1CCCCC1.COc1ccc(NS(C)(=O)=O)cc1C1CC1C1CCCCC1. The fourth-order valence-corrected chi connectivity index (χ4v) is 18.0. The van der Waals surface area contributed by atoms with Gasteiger partial charge in [0, 0.05) is 50.7 Å². The highest BCUT2D eigenvalue weighted by molar-refractivity contribution is 7.93. The van der Waals surface area contributed by atoms with Crippen LogP contribution in [0.5, 0.6) is 28.7 Å². The van der Waals surface area contributed by atoms with E-state index in [9.17, 15) is 46.5 Å². The second kappa shape index (κ2) is 41.5. The van der Waals surface area contributed by atoms with Crippen molar-refractivity contribution in [2.75, 3.05) is 90.4 Å². The zero-order valence-electron chi connectivity index (χ0n) is 66.8. The minimum absolute atomic E-state index is 0.343. The second-order valence-electron chi connectivity index (χ2n) is 31.6. The highest BCUT2D eigenvalue weighted by atomic mass is 32.2. The monoisotopic (exact) mass is 1620 g/mol. The smallest absolute Gasteiger partial charge is 0.229 e. The summed E-state index contributed by atoms with van der Waals surface area (Å²) in [5.74, 6) is 8.26. The summed E-state index contributed by atoms with van der Waals surface area (Å²) in [6, 6.07) is 26.6. The number of sulfonamides is 5. The van der Waals surface area contributed by atoms with Crippen molar-refractivity contribution >= 4 is 103 Å². The van der Waals surface area contributed by atoms with Crippen molar-refractivity contribution < 1.29 is 70.2 Å². The van der Waals surface area contributed by atoms with Crippen LogP contribution < -0.4 is 47.3 Å². The third-order valence-electron chi connectivity index (χ3n) is 21.2. The summed E-state index contributed by atoms with van der Waals surface area (Å²) in [6.45, 7) is 6.32. The molecule has 2 unspecified atom stereocenters. The molecule has 0 radical (unpaired) electrons. The van der Waals surface area contributed by atoms with Gasteiger partial charge in [0.2, 0.25) is 50.1 Å². The molecule has 5 N–H and O–H groups in total. The molecular formula is C84H122FN5O15S5. The molecule has 110 heavy (non-hydrogen) atoms. The number of anilines is 5. The topological polar surface area (TPSA) is 277 Å². The third kappa shape index (κ3) is 32.8. The predicted octanol–water partition coefficient (Wildman–Crippen LogP) is 19.4. The molecule has 0 aliphatic heterocycles. The molecule has 0 amide bonds. The van der Waals surface area contributed by atoms with Gasteiger partial charge in [-0.05, 0) is 227 Å². The Morgan fingerprint density at radius 1 is 0.382 bits per heavy atom. The van der Waals surface area contributed by atoms with E-state index in [1.807, 2.05) is 36.4 Å². The number of hydrogen-bond donors (Lipinski definition) is 5. The van der Waals surface area contributed by atoms with E-state index in [0.717, 1.165) is 113 Å². The van der Waals surface area contributed by atoms with Crippen LogP contribution in [0.3, 0.4) is 0 Å². The van der Waals surface area contributed by atoms with E-state index in [1.54, 1.807) is 115 Å². The molecule has 0 aromatic heterocycles. The van der Waals surface area contributed by atoms with E-state index in [0.29, 0.717) is 76.1 Å². The van der Waals surface area contributed by atoms with E-state index in [1.165, 1.54) is 128 Å². The Labute approximate surface area is 658 Å². The normalized spacial score (nSPS) is 20.8. The standard InChI is InChI=1S/C18H27NO3S.C17H24FNO3S.2C17H25NO3S.C15H21NO3S/c1-18(2)11-9-14(10-12-18)5-6-15-13-16(19-23(4,20)21)7-8-17(15)22-3;1-17(18)10-8-13(9-11-17)4-5-14-12-15(19-23(3,20)21)6-7-16(14)22-2;1-21-17-9-8-13(18-22(2,19)20)10-16(17)15-11-14(15)12-6-4-3-5-7-12;1-21-17-12-11-16(18-22(2,19)20)13-15(17)10-6-9-14-7-4-3-5-8-14;1-19-15-10-9-14(16-20(2,17)18)11-13(15)8-7-12-5-3-4-6-12/h5-8,13-14,19H,9-12H2,1-4H3;4-7,12-13,19H,8-11H2,1-3H3;8-10,12,14-15,18H,3-7,11H2,1-2H3;6,10-14,18H,3-5,7-9H2,1-2H3;7-12,16H,3-6H2,1-2H3/b6-5+;5-4+;;10-6+;8-7+. The number of rotatable bonds is 26. The predicted molar refractivity (Wildman–Crippen MR) is 451 cm³/mol. The molecular weight excluding hydrogens is 1500 g/mol. The van der Waals surface area contributed by atoms with Crippen molar-refractivity contribution in [3.8, 4) is 28.7 Å². The molecule has 0 heterocycles. The van der Waals surface area contributed by atoms with E-state index in [-0.39, 0.29) is 0 Å². The Hall–Kier alpha value is -7.26. The summed E-state index contributed by atoms with van der Waals surface area (Å²) < 4.78 is 167. The maximum atomic E-state index is 13.8. The molecule has 6 saturated carbocycles. The first-order valence-electron chi connectivity index (χ1n) is 38.5. The number of hydrogen-bond acceptors (Lipinski definition) is 15. The van der Waals surface area contributed by atoms with Crippen LogP contribution in [0.1, 0.15) is 209 Å². The second-order valence-corrected chi connectivity index (χ2v) is 40.3. The molecule has 5 aromatic rings. The molecule has 11 rings (SSSR count). The van der Waals surface area contributed by atoms with Crippen molar-refractivity contribution in [1.29, 1.82) is 0 Å². The van der Waals surface area contributed by atoms with Gasteiger partial charge in [0.05, 0.1) is 66.8 Å². The van der Waals surface area contributed by atoms with Crippen LogP contribution in [0.2, 0.25) is 0 Å². The first-order chi connectivity index (χ1) is 51.8. The lowest BCUT2D eigenvalue weighted by molar-refractivity contribution is 0.114. The summed E-state index contributed by atoms with van der Waals surface area (Å²) in [4.78, 5) is 0. The Bertz CT molecular complexity index is 4390. The molecule has 20 nitrogen and oxygen atoms in total. The minimum atomic E-state index is -3.32. The Morgan fingerprint density at radius 3 is 1.03 bits per heavy atom. The molecule has 2 atom stereocenters. The molecule has 5 aromatic carbocycles. The van der Waals surface area contributed by atoms with Crippen LogP contribution in [0, 0.1) is 40.9 Å². The molecule has 0 bridgehead atoms. The number of nitrogens with one attached hydrogen (secondary N) is 5. The van der Waals surface area contributed by atoms with Gasteiger partial charge < -0.3 is 23.7 Å². The van der Waals surface area contributed by atoms with Gasteiger partial charge >= 0.3 is 0 Å². The fourth-order valence-electron chi connectivity index (χ4n) is 15.3. The summed E-state index contributed by atoms with van der Waals surface area (Å²) >= 11 is 0. The fraction of sp³-hybridized carbons (Fsp3) is 0.548. The zero-order valence-corrected chi connectivity index (χ0v) is 70.9.